The van der Waals surface area contributed by atoms with Crippen molar-refractivity contribution in [1.29, 1.82) is 0 Å². The second kappa shape index (κ2) is 8.22. The number of nitrogens with zero attached hydrogens (tertiary/aromatic N) is 2. The highest BCUT2D eigenvalue weighted by Crippen LogP contribution is 2.33. The van der Waals surface area contributed by atoms with Crippen LogP contribution in [0, 0.1) is 6.92 Å². The van der Waals surface area contributed by atoms with Gasteiger partial charge < -0.3 is 0 Å². The molecule has 1 aliphatic carbocycles. The number of fused-ring (bicyclic) bond motifs is 1. The fourth-order valence-corrected chi connectivity index (χ4v) is 4.82. The van der Waals surface area contributed by atoms with Crippen molar-refractivity contribution in [3.8, 4) is 0 Å². The van der Waals surface area contributed by atoms with Crippen LogP contribution in [0.2, 0.25) is 0 Å². The molecule has 0 radical (unpaired) electrons. The Bertz CT molecular complexity index is 946. The minimum Gasteiger partial charge on any atom is -0.293 e. The van der Waals surface area contributed by atoms with Crippen LogP contribution < -0.4 is 0 Å². The maximum Gasteiger partial charge on any atom is 0.173 e. The molecular weight excluding hydrogens is 352 g/mol. The molecule has 0 amide bonds. The summed E-state index contributed by atoms with van der Waals surface area (Å²) in [4.78, 5) is 21.7. The molecule has 27 heavy (non-hydrogen) atoms. The lowest BCUT2D eigenvalue weighted by atomic mass is 9.84. The van der Waals surface area contributed by atoms with E-state index in [1.807, 2.05) is 43.3 Å². The SMILES string of the molecule is Cc1nc(SCC(=O)c2ccc(C3CCCCC3)cc2)c2ccccc2n1. The molecule has 0 unspecified atom stereocenters. The Morgan fingerprint density at radius 3 is 2.52 bits per heavy atom. The number of hydrogen-bond acceptors (Lipinski definition) is 4. The highest BCUT2D eigenvalue weighted by Gasteiger charge is 2.16. The van der Waals surface area contributed by atoms with E-state index < -0.39 is 0 Å². The van der Waals surface area contributed by atoms with E-state index in [9.17, 15) is 4.79 Å². The Morgan fingerprint density at radius 2 is 1.74 bits per heavy atom. The van der Waals surface area contributed by atoms with Gasteiger partial charge in [-0.05, 0) is 37.3 Å². The van der Waals surface area contributed by atoms with Crippen molar-refractivity contribution in [3.05, 3.63) is 65.5 Å². The van der Waals surface area contributed by atoms with Gasteiger partial charge in [-0.15, -0.1) is 0 Å². The molecule has 1 heterocycles. The van der Waals surface area contributed by atoms with Crippen LogP contribution in [-0.2, 0) is 0 Å². The van der Waals surface area contributed by atoms with Crippen LogP contribution in [0.5, 0.6) is 0 Å². The molecule has 3 nitrogen and oxygen atoms in total. The normalized spacial score (nSPS) is 15.1. The van der Waals surface area contributed by atoms with E-state index in [1.54, 1.807) is 0 Å². The van der Waals surface area contributed by atoms with Gasteiger partial charge in [0.25, 0.3) is 0 Å². The third kappa shape index (κ3) is 4.22. The Hall–Kier alpha value is -2.20. The van der Waals surface area contributed by atoms with E-state index >= 15 is 0 Å². The van der Waals surface area contributed by atoms with Gasteiger partial charge >= 0.3 is 0 Å². The molecule has 4 rings (SSSR count). The molecule has 0 bridgehead atoms. The molecule has 0 N–H and O–H groups in total. The number of Topliss-reactive ketones (excluding diaryl/α,β-unsaturated/α-hetero) is 1. The summed E-state index contributed by atoms with van der Waals surface area (Å²) in [5.74, 6) is 1.95. The molecule has 0 atom stereocenters. The molecular formula is C23H24N2OS. The van der Waals surface area contributed by atoms with Gasteiger partial charge in [-0.1, -0.05) is 73.5 Å². The lowest BCUT2D eigenvalue weighted by Gasteiger charge is -2.22. The number of aryl methyl sites for hydroxylation is 1. The number of para-hydroxylation sites is 1. The number of carbonyl (C=O) groups is 1. The van der Waals surface area contributed by atoms with E-state index in [1.165, 1.54) is 49.4 Å². The number of benzene rings is 2. The Morgan fingerprint density at radius 1 is 1.00 bits per heavy atom. The first-order valence-electron chi connectivity index (χ1n) is 9.70. The number of aromatic nitrogens is 2. The minimum atomic E-state index is 0.149. The molecule has 0 aliphatic heterocycles. The summed E-state index contributed by atoms with van der Waals surface area (Å²) >= 11 is 1.50. The fourth-order valence-electron chi connectivity index (χ4n) is 3.86. The van der Waals surface area contributed by atoms with Crippen LogP contribution in [-0.4, -0.2) is 21.5 Å². The number of carbonyl (C=O) groups excluding carboxylic acids is 1. The van der Waals surface area contributed by atoms with E-state index in [4.69, 9.17) is 0 Å². The zero-order chi connectivity index (χ0) is 18.6. The van der Waals surface area contributed by atoms with Crippen LogP contribution in [0.4, 0.5) is 0 Å². The monoisotopic (exact) mass is 376 g/mol. The van der Waals surface area contributed by atoms with Gasteiger partial charge in [-0.2, -0.15) is 0 Å². The quantitative estimate of drug-likeness (QED) is 0.313. The van der Waals surface area contributed by atoms with Gasteiger partial charge in [0.2, 0.25) is 0 Å². The minimum absolute atomic E-state index is 0.149. The highest BCUT2D eigenvalue weighted by atomic mass is 32.2. The molecule has 4 heteroatoms. The first kappa shape index (κ1) is 18.2. The maximum absolute atomic E-state index is 12.7. The molecule has 0 spiro atoms. The summed E-state index contributed by atoms with van der Waals surface area (Å²) < 4.78 is 0. The third-order valence-corrected chi connectivity index (χ3v) is 6.32. The number of rotatable bonds is 5. The Labute approximate surface area is 164 Å². The van der Waals surface area contributed by atoms with Gasteiger partial charge in [0, 0.05) is 10.9 Å². The summed E-state index contributed by atoms with van der Waals surface area (Å²) in [6.07, 6.45) is 6.58. The van der Waals surface area contributed by atoms with E-state index in [0.717, 1.165) is 27.3 Å². The van der Waals surface area contributed by atoms with Gasteiger partial charge in [0.1, 0.15) is 10.9 Å². The smallest absolute Gasteiger partial charge is 0.173 e. The topological polar surface area (TPSA) is 42.9 Å². The van der Waals surface area contributed by atoms with Crippen molar-refractivity contribution in [2.24, 2.45) is 0 Å². The fraction of sp³-hybridized carbons (Fsp3) is 0.348. The van der Waals surface area contributed by atoms with Gasteiger partial charge in [0.05, 0.1) is 11.3 Å². The number of thioether (sulfide) groups is 1. The van der Waals surface area contributed by atoms with Gasteiger partial charge in [0.15, 0.2) is 5.78 Å². The predicted molar refractivity (Wildman–Crippen MR) is 112 cm³/mol. The standard InChI is InChI=1S/C23H24N2OS/c1-16-24-21-10-6-5-9-20(21)23(25-16)27-15-22(26)19-13-11-18(12-14-19)17-7-3-2-4-8-17/h5-6,9-14,17H,2-4,7-8,15H2,1H3. The van der Waals surface area contributed by atoms with Crippen LogP contribution >= 0.6 is 11.8 Å². The van der Waals surface area contributed by atoms with Crippen LogP contribution in [0.1, 0.15) is 59.8 Å². The molecule has 1 aromatic heterocycles. The summed E-state index contributed by atoms with van der Waals surface area (Å²) in [5.41, 5.74) is 3.10. The van der Waals surface area contributed by atoms with Crippen molar-refractivity contribution in [2.45, 2.75) is 50.0 Å². The van der Waals surface area contributed by atoms with Crippen molar-refractivity contribution in [3.63, 3.8) is 0 Å². The number of hydrogen-bond donors (Lipinski definition) is 0. The largest absolute Gasteiger partial charge is 0.293 e. The lowest BCUT2D eigenvalue weighted by molar-refractivity contribution is 0.102. The second-order valence-electron chi connectivity index (χ2n) is 7.26. The molecule has 0 saturated heterocycles. The first-order valence-corrected chi connectivity index (χ1v) is 10.7. The van der Waals surface area contributed by atoms with E-state index in [-0.39, 0.29) is 5.78 Å². The average Bonchev–Trinajstić information content (AvgIpc) is 2.72. The van der Waals surface area contributed by atoms with E-state index in [0.29, 0.717) is 11.7 Å². The zero-order valence-corrected chi connectivity index (χ0v) is 16.5. The molecule has 3 aromatic rings. The third-order valence-electron chi connectivity index (χ3n) is 5.33. The Balaban J connectivity index is 1.45. The molecule has 1 aliphatic rings. The van der Waals surface area contributed by atoms with Gasteiger partial charge in [-0.25, -0.2) is 9.97 Å². The van der Waals surface area contributed by atoms with Crippen molar-refractivity contribution in [2.75, 3.05) is 5.75 Å². The molecule has 138 valence electrons. The zero-order valence-electron chi connectivity index (χ0n) is 15.6. The summed E-state index contributed by atoms with van der Waals surface area (Å²) in [5, 5.41) is 1.89. The molecule has 1 saturated carbocycles. The average molecular weight is 377 g/mol. The van der Waals surface area contributed by atoms with Crippen molar-refractivity contribution >= 4 is 28.4 Å². The summed E-state index contributed by atoms with van der Waals surface area (Å²) in [6, 6.07) is 16.3. The maximum atomic E-state index is 12.7. The second-order valence-corrected chi connectivity index (χ2v) is 8.23. The van der Waals surface area contributed by atoms with Crippen LogP contribution in [0.25, 0.3) is 10.9 Å². The lowest BCUT2D eigenvalue weighted by Crippen LogP contribution is -2.06. The Kier molecular flexibility index (Phi) is 5.53. The van der Waals surface area contributed by atoms with Crippen LogP contribution in [0.15, 0.2) is 53.6 Å². The molecule has 1 fully saturated rings. The van der Waals surface area contributed by atoms with Crippen molar-refractivity contribution < 1.29 is 4.79 Å². The summed E-state index contributed by atoms with van der Waals surface area (Å²) in [7, 11) is 0. The highest BCUT2D eigenvalue weighted by molar-refractivity contribution is 8.00. The van der Waals surface area contributed by atoms with Crippen molar-refractivity contribution in [1.82, 2.24) is 9.97 Å². The van der Waals surface area contributed by atoms with Gasteiger partial charge in [-0.3, -0.25) is 4.79 Å². The first-order chi connectivity index (χ1) is 13.2. The number of ketones is 1. The van der Waals surface area contributed by atoms with Crippen LogP contribution in [0.3, 0.4) is 0 Å². The predicted octanol–water partition coefficient (Wildman–Crippen LogP) is 5.96. The molecule has 2 aromatic carbocycles. The summed E-state index contributed by atoms with van der Waals surface area (Å²) in [6.45, 7) is 1.89. The van der Waals surface area contributed by atoms with E-state index in [2.05, 4.69) is 22.1 Å².